The van der Waals surface area contributed by atoms with Crippen molar-refractivity contribution in [3.05, 3.63) is 54.2 Å². The number of aromatic amines is 2. The van der Waals surface area contributed by atoms with Gasteiger partial charge in [-0.25, -0.2) is 18.2 Å². The van der Waals surface area contributed by atoms with Gasteiger partial charge in [0.15, 0.2) is 23.3 Å². The lowest BCUT2D eigenvalue weighted by molar-refractivity contribution is -0.120. The van der Waals surface area contributed by atoms with Gasteiger partial charge in [0.25, 0.3) is 0 Å². The molecule has 2 fully saturated rings. The molecule has 0 aliphatic carbocycles. The number of ether oxygens (including phenoxy) is 1. The van der Waals surface area contributed by atoms with E-state index in [1.807, 2.05) is 13.8 Å². The fourth-order valence-electron chi connectivity index (χ4n) is 5.91. The molecular formula is C35H45F3N10O3. The molecule has 2 atom stereocenters. The van der Waals surface area contributed by atoms with Crippen molar-refractivity contribution in [1.29, 1.82) is 0 Å². The van der Waals surface area contributed by atoms with Gasteiger partial charge in [0.2, 0.25) is 17.7 Å². The zero-order valence-corrected chi connectivity index (χ0v) is 29.1. The van der Waals surface area contributed by atoms with E-state index in [0.717, 1.165) is 58.0 Å². The Morgan fingerprint density at radius 1 is 0.784 bits per heavy atom. The van der Waals surface area contributed by atoms with E-state index in [1.54, 1.807) is 12.1 Å². The largest absolute Gasteiger partial charge is 0.481 e. The SMILES string of the molecule is CC(CCN1CCCC1)C(=O)Nc1n[nH]c(-c2cncc(F)c2)c1F.COc1ccc(-c2[nH]nc(NC(=O)C(C)CCN3CCCC3)c2F)cn1. The highest BCUT2D eigenvalue weighted by atomic mass is 19.1. The summed E-state index contributed by atoms with van der Waals surface area (Å²) in [5.41, 5.74) is 0.929. The van der Waals surface area contributed by atoms with E-state index < -0.39 is 17.5 Å². The molecule has 274 valence electrons. The Balaban J connectivity index is 0.000000198. The fraction of sp³-hybridized carbons (Fsp3) is 0.486. The van der Waals surface area contributed by atoms with Crippen LogP contribution in [-0.2, 0) is 9.59 Å². The number of rotatable bonds is 13. The number of H-pyrrole nitrogens is 2. The first kappa shape index (κ1) is 37.4. The molecule has 2 unspecified atom stereocenters. The first-order chi connectivity index (χ1) is 24.6. The predicted molar refractivity (Wildman–Crippen MR) is 186 cm³/mol. The van der Waals surface area contributed by atoms with Crippen LogP contribution in [0.4, 0.5) is 24.8 Å². The van der Waals surface area contributed by atoms with Crippen molar-refractivity contribution in [3.63, 3.8) is 0 Å². The molecule has 2 aliphatic heterocycles. The van der Waals surface area contributed by atoms with E-state index in [-0.39, 0.29) is 52.2 Å². The first-order valence-electron chi connectivity index (χ1n) is 17.3. The summed E-state index contributed by atoms with van der Waals surface area (Å²) in [4.78, 5) is 37.0. The average Bonchev–Trinajstić information content (AvgIpc) is 3.97. The van der Waals surface area contributed by atoms with Gasteiger partial charge in [-0.2, -0.15) is 10.2 Å². The maximum Gasteiger partial charge on any atom is 0.228 e. The number of carbonyl (C=O) groups excluding carboxylic acids is 2. The number of aromatic nitrogens is 6. The van der Waals surface area contributed by atoms with Crippen molar-refractivity contribution in [2.45, 2.75) is 52.4 Å². The standard InChI is InChI=1S/C18H24FN5O2.C17H21F2N5O/c1-12(7-10-24-8-3-4-9-24)18(25)21-17-15(19)16(22-23-17)13-5-6-14(26-2)20-11-13;1-11(4-7-24-5-2-3-6-24)17(25)21-16-14(19)15(22-23-16)12-8-13(18)10-20-9-12/h5-6,11-12H,3-4,7-10H2,1-2H3,(H2,21,22,23,25);8-11H,2-7H2,1H3,(H2,21,22,23,25). The molecule has 16 heteroatoms. The van der Waals surface area contributed by atoms with Gasteiger partial charge in [0, 0.05) is 41.4 Å². The van der Waals surface area contributed by atoms with E-state index in [9.17, 15) is 22.8 Å². The Kier molecular flexibility index (Phi) is 13.1. The molecule has 0 bridgehead atoms. The number of pyridine rings is 2. The van der Waals surface area contributed by atoms with Crippen molar-refractivity contribution in [2.75, 3.05) is 57.0 Å². The number of carbonyl (C=O) groups is 2. The lowest BCUT2D eigenvalue weighted by atomic mass is 10.1. The van der Waals surface area contributed by atoms with Crippen LogP contribution in [0.2, 0.25) is 0 Å². The summed E-state index contributed by atoms with van der Waals surface area (Å²) < 4.78 is 47.2. The van der Waals surface area contributed by atoms with E-state index in [2.05, 4.69) is 50.8 Å². The number of nitrogens with one attached hydrogen (secondary N) is 4. The van der Waals surface area contributed by atoms with Gasteiger partial charge in [-0.3, -0.25) is 24.8 Å². The molecule has 6 heterocycles. The quantitative estimate of drug-likeness (QED) is 0.141. The summed E-state index contributed by atoms with van der Waals surface area (Å²) in [6.45, 7) is 9.76. The molecule has 13 nitrogen and oxygen atoms in total. The minimum absolute atomic E-state index is 0.00739. The number of likely N-dealkylation sites (tertiary alicyclic amines) is 2. The minimum Gasteiger partial charge on any atom is -0.481 e. The molecular weight excluding hydrogens is 665 g/mol. The summed E-state index contributed by atoms with van der Waals surface area (Å²) >= 11 is 0. The van der Waals surface area contributed by atoms with Crippen LogP contribution in [0.15, 0.2) is 36.8 Å². The van der Waals surface area contributed by atoms with Gasteiger partial charge in [0.05, 0.1) is 13.3 Å². The van der Waals surface area contributed by atoms with E-state index in [4.69, 9.17) is 4.74 Å². The predicted octanol–water partition coefficient (Wildman–Crippen LogP) is 5.49. The summed E-state index contributed by atoms with van der Waals surface area (Å²) in [5, 5.41) is 17.9. The third-order valence-electron chi connectivity index (χ3n) is 9.17. The lowest BCUT2D eigenvalue weighted by Gasteiger charge is -2.17. The molecule has 2 saturated heterocycles. The third kappa shape index (κ3) is 10.1. The number of halogens is 3. The van der Waals surface area contributed by atoms with Crippen LogP contribution < -0.4 is 15.4 Å². The number of amides is 2. The topological polar surface area (TPSA) is 157 Å². The molecule has 0 saturated carbocycles. The van der Waals surface area contributed by atoms with Crippen LogP contribution >= 0.6 is 0 Å². The third-order valence-corrected chi connectivity index (χ3v) is 9.17. The van der Waals surface area contributed by atoms with Gasteiger partial charge in [-0.15, -0.1) is 0 Å². The van der Waals surface area contributed by atoms with Crippen molar-refractivity contribution < 1.29 is 27.5 Å². The second kappa shape index (κ2) is 17.9. The highest BCUT2D eigenvalue weighted by Crippen LogP contribution is 2.27. The highest BCUT2D eigenvalue weighted by Gasteiger charge is 2.23. The molecule has 4 aromatic heterocycles. The Hall–Kier alpha value is -4.83. The van der Waals surface area contributed by atoms with Gasteiger partial charge in [-0.05, 0) is 89.9 Å². The zero-order valence-electron chi connectivity index (χ0n) is 29.1. The molecule has 0 spiro atoms. The normalized spacial score (nSPS) is 16.0. The van der Waals surface area contributed by atoms with Gasteiger partial charge in [0.1, 0.15) is 17.2 Å². The Labute approximate surface area is 294 Å². The maximum atomic E-state index is 14.6. The Morgan fingerprint density at radius 2 is 1.29 bits per heavy atom. The second-order valence-electron chi connectivity index (χ2n) is 13.0. The smallest absolute Gasteiger partial charge is 0.228 e. The summed E-state index contributed by atoms with van der Waals surface area (Å²) in [5.74, 6) is -2.71. The van der Waals surface area contributed by atoms with Crippen molar-refractivity contribution in [2.24, 2.45) is 11.8 Å². The lowest BCUT2D eigenvalue weighted by Crippen LogP contribution is -2.27. The molecule has 51 heavy (non-hydrogen) atoms. The van der Waals surface area contributed by atoms with Gasteiger partial charge in [-0.1, -0.05) is 13.8 Å². The monoisotopic (exact) mass is 710 g/mol. The molecule has 0 aromatic carbocycles. The van der Waals surface area contributed by atoms with E-state index in [1.165, 1.54) is 45.2 Å². The molecule has 4 aromatic rings. The number of anilines is 2. The number of hydrogen-bond acceptors (Lipinski definition) is 9. The second-order valence-corrected chi connectivity index (χ2v) is 13.0. The number of hydrogen-bond donors (Lipinski definition) is 4. The summed E-state index contributed by atoms with van der Waals surface area (Å²) in [7, 11) is 1.51. The maximum absolute atomic E-state index is 14.6. The number of nitrogens with zero attached hydrogens (tertiary/aromatic N) is 6. The molecule has 6 rings (SSSR count). The number of methoxy groups -OCH3 is 1. The van der Waals surface area contributed by atoms with Gasteiger partial charge >= 0.3 is 0 Å². The van der Waals surface area contributed by atoms with Crippen LogP contribution in [0, 0.1) is 29.3 Å². The Morgan fingerprint density at radius 3 is 1.75 bits per heavy atom. The van der Waals surface area contributed by atoms with Gasteiger partial charge < -0.3 is 25.2 Å². The zero-order chi connectivity index (χ0) is 36.3. The highest BCUT2D eigenvalue weighted by molar-refractivity contribution is 5.92. The summed E-state index contributed by atoms with van der Waals surface area (Å²) in [6.07, 6.45) is 10.1. The Bertz CT molecular complexity index is 1740. The van der Waals surface area contributed by atoms with Crippen molar-refractivity contribution in [3.8, 4) is 28.4 Å². The van der Waals surface area contributed by atoms with Crippen LogP contribution in [0.3, 0.4) is 0 Å². The minimum atomic E-state index is -0.729. The molecule has 4 N–H and O–H groups in total. The van der Waals surface area contributed by atoms with Crippen LogP contribution in [-0.4, -0.2) is 98.4 Å². The average molecular weight is 711 g/mol. The fourth-order valence-corrected chi connectivity index (χ4v) is 5.91. The van der Waals surface area contributed by atoms with Crippen LogP contribution in [0.25, 0.3) is 22.5 Å². The first-order valence-corrected chi connectivity index (χ1v) is 17.3. The van der Waals surface area contributed by atoms with Crippen LogP contribution in [0.5, 0.6) is 5.88 Å². The summed E-state index contributed by atoms with van der Waals surface area (Å²) in [6, 6.07) is 4.45. The van der Waals surface area contributed by atoms with E-state index >= 15 is 0 Å². The van der Waals surface area contributed by atoms with Crippen molar-refractivity contribution in [1.82, 2.24) is 40.2 Å². The molecule has 0 radical (unpaired) electrons. The van der Waals surface area contributed by atoms with Crippen LogP contribution in [0.1, 0.15) is 52.4 Å². The van der Waals surface area contributed by atoms with Crippen molar-refractivity contribution >= 4 is 23.5 Å². The molecule has 2 amide bonds. The molecule has 2 aliphatic rings. The van der Waals surface area contributed by atoms with E-state index in [0.29, 0.717) is 17.9 Å².